The first-order valence-electron chi connectivity index (χ1n) is 20.0. The summed E-state index contributed by atoms with van der Waals surface area (Å²) in [6.45, 7) is 13.2. The van der Waals surface area contributed by atoms with Gasteiger partial charge in [0.2, 0.25) is 23.6 Å². The number of hydrogen-bond donors (Lipinski definition) is 3. The highest BCUT2D eigenvalue weighted by Crippen LogP contribution is 2.31. The predicted molar refractivity (Wildman–Crippen MR) is 214 cm³/mol. The van der Waals surface area contributed by atoms with Crippen molar-refractivity contribution in [1.29, 1.82) is 0 Å². The zero-order valence-electron chi connectivity index (χ0n) is 35.5. The van der Waals surface area contributed by atoms with Crippen molar-refractivity contribution < 1.29 is 43.3 Å². The predicted octanol–water partition coefficient (Wildman–Crippen LogP) is 3.39. The average molecular weight is 788 g/mol. The molecule has 1 aliphatic rings. The number of benzene rings is 1. The minimum Gasteiger partial charge on any atom is -0.481 e. The smallest absolute Gasteiger partial charge is 0.307 e. The fourth-order valence-electron chi connectivity index (χ4n) is 8.11. The number of rotatable bonds is 23. The van der Waals surface area contributed by atoms with E-state index in [2.05, 4.69) is 5.32 Å². The second-order valence-electron chi connectivity index (χ2n) is 16.1. The molecule has 0 unspecified atom stereocenters. The highest BCUT2D eigenvalue weighted by atomic mass is 16.5. The van der Waals surface area contributed by atoms with Crippen LogP contribution in [0.3, 0.4) is 0 Å². The molecular formula is C42H69N5O9. The lowest BCUT2D eigenvalue weighted by Crippen LogP contribution is -2.60. The van der Waals surface area contributed by atoms with Gasteiger partial charge in [0.1, 0.15) is 17.9 Å². The zero-order valence-corrected chi connectivity index (χ0v) is 35.5. The Bertz CT molecular complexity index is 1460. The number of Topliss-reactive ketones (excluding diaryl/α,β-unsaturated/α-hetero) is 1. The summed E-state index contributed by atoms with van der Waals surface area (Å²) in [5.41, 5.74) is 6.41. The molecular weight excluding hydrogens is 718 g/mol. The van der Waals surface area contributed by atoms with Gasteiger partial charge >= 0.3 is 5.97 Å². The zero-order chi connectivity index (χ0) is 42.4. The van der Waals surface area contributed by atoms with E-state index in [0.29, 0.717) is 25.8 Å². The summed E-state index contributed by atoms with van der Waals surface area (Å²) in [5.74, 6) is -4.90. The fourth-order valence-corrected chi connectivity index (χ4v) is 8.11. The van der Waals surface area contributed by atoms with E-state index in [9.17, 15) is 33.9 Å². The largest absolute Gasteiger partial charge is 0.481 e. The van der Waals surface area contributed by atoms with Gasteiger partial charge in [0.15, 0.2) is 0 Å². The van der Waals surface area contributed by atoms with Gasteiger partial charge in [0, 0.05) is 47.2 Å². The van der Waals surface area contributed by atoms with Crippen LogP contribution in [0.25, 0.3) is 0 Å². The van der Waals surface area contributed by atoms with Gasteiger partial charge in [0.05, 0.1) is 43.2 Å². The standard InChI is InChI=1S/C42H69N5O9/c1-12-27(6)38(46(9)41(52)36(25(2)3)44-40(51)37(26(4)5)45(8)35(50)24-43)33(55-10)23-34(49)47-20-16-19-31(47)39(56-11)28(7)32(48)22-30(42(53)54)21-29-17-14-13-15-18-29/h13-15,17-18,25-28,30-31,33,36-39H,12,16,19-24,43H2,1-11H3,(H,44,51)(H,53,54)/t27-,28-,30+,31-,33+,36-,37-,38-,39+/m0/s1. The molecule has 1 aliphatic heterocycles. The number of hydrogen-bond acceptors (Lipinski definition) is 9. The van der Waals surface area contributed by atoms with Crippen LogP contribution in [0.5, 0.6) is 0 Å². The van der Waals surface area contributed by atoms with Crippen molar-refractivity contribution in [3.05, 3.63) is 35.9 Å². The quantitative estimate of drug-likeness (QED) is 0.148. The molecule has 0 radical (unpaired) electrons. The maximum absolute atomic E-state index is 14.3. The molecule has 2 rings (SSSR count). The lowest BCUT2D eigenvalue weighted by atomic mass is 9.85. The van der Waals surface area contributed by atoms with Crippen molar-refractivity contribution in [2.75, 3.05) is 41.4 Å². The Morgan fingerprint density at radius 2 is 1.55 bits per heavy atom. The van der Waals surface area contributed by atoms with E-state index in [1.54, 1.807) is 23.8 Å². The molecule has 0 aliphatic carbocycles. The number of likely N-dealkylation sites (N-methyl/N-ethyl adjacent to an activating group) is 2. The summed E-state index contributed by atoms with van der Waals surface area (Å²) in [7, 11) is 6.21. The molecule has 9 atom stereocenters. The van der Waals surface area contributed by atoms with Gasteiger partial charge in [-0.25, -0.2) is 0 Å². The van der Waals surface area contributed by atoms with Crippen LogP contribution in [-0.4, -0.2) is 133 Å². The van der Waals surface area contributed by atoms with E-state index in [-0.39, 0.29) is 61.2 Å². The number of nitrogens with one attached hydrogen (secondary N) is 1. The fraction of sp³-hybridized carbons (Fsp3) is 0.714. The van der Waals surface area contributed by atoms with E-state index in [1.807, 2.05) is 71.9 Å². The molecule has 316 valence electrons. The number of carboxylic acid groups (broad SMARTS) is 1. The second-order valence-corrected chi connectivity index (χ2v) is 16.1. The van der Waals surface area contributed by atoms with Crippen molar-refractivity contribution >= 4 is 35.4 Å². The number of nitrogens with zero attached hydrogens (tertiary/aromatic N) is 3. The van der Waals surface area contributed by atoms with Crippen LogP contribution in [0.1, 0.15) is 86.1 Å². The second kappa shape index (κ2) is 22.8. The summed E-state index contributed by atoms with van der Waals surface area (Å²) < 4.78 is 11.9. The van der Waals surface area contributed by atoms with Crippen LogP contribution in [0, 0.1) is 29.6 Å². The van der Waals surface area contributed by atoms with E-state index in [1.165, 1.54) is 26.2 Å². The topological polar surface area (TPSA) is 189 Å². The van der Waals surface area contributed by atoms with E-state index in [0.717, 1.165) is 5.56 Å². The van der Waals surface area contributed by atoms with Gasteiger partial charge in [0.25, 0.3) is 0 Å². The number of likely N-dealkylation sites (tertiary alicyclic amines) is 1. The third-order valence-corrected chi connectivity index (χ3v) is 11.6. The number of aliphatic carboxylic acids is 1. The molecule has 0 aromatic heterocycles. The van der Waals surface area contributed by atoms with Gasteiger partial charge in [-0.2, -0.15) is 0 Å². The van der Waals surface area contributed by atoms with Crippen LogP contribution >= 0.6 is 0 Å². The number of carbonyl (C=O) groups excluding carboxylic acids is 5. The molecule has 14 nitrogen and oxygen atoms in total. The average Bonchev–Trinajstić information content (AvgIpc) is 3.65. The summed E-state index contributed by atoms with van der Waals surface area (Å²) in [5, 5.41) is 12.9. The minimum atomic E-state index is -1.04. The first kappa shape index (κ1) is 48.3. The molecule has 0 spiro atoms. The van der Waals surface area contributed by atoms with Crippen LogP contribution in [0.2, 0.25) is 0 Å². The molecule has 1 fully saturated rings. The number of ketones is 1. The minimum absolute atomic E-state index is 0.0450. The lowest BCUT2D eigenvalue weighted by molar-refractivity contribution is -0.149. The van der Waals surface area contributed by atoms with Gasteiger partial charge in [-0.15, -0.1) is 0 Å². The van der Waals surface area contributed by atoms with Gasteiger partial charge < -0.3 is 40.3 Å². The normalized spacial score (nSPS) is 18.7. The van der Waals surface area contributed by atoms with Crippen LogP contribution < -0.4 is 11.1 Å². The molecule has 14 heteroatoms. The third-order valence-electron chi connectivity index (χ3n) is 11.6. The van der Waals surface area contributed by atoms with Crippen LogP contribution in [-0.2, 0) is 44.7 Å². The Hall–Kier alpha value is -3.88. The third kappa shape index (κ3) is 12.6. The van der Waals surface area contributed by atoms with Gasteiger partial charge in [-0.05, 0) is 42.6 Å². The Balaban J connectivity index is 2.29. The molecule has 0 bridgehead atoms. The summed E-state index contributed by atoms with van der Waals surface area (Å²) in [6.07, 6.45) is 0.649. The Morgan fingerprint density at radius 1 is 0.929 bits per heavy atom. The number of nitrogens with two attached hydrogens (primary N) is 1. The molecule has 4 N–H and O–H groups in total. The van der Waals surface area contributed by atoms with Crippen molar-refractivity contribution in [3.8, 4) is 0 Å². The maximum atomic E-state index is 14.3. The van der Waals surface area contributed by atoms with Gasteiger partial charge in [-0.3, -0.25) is 28.8 Å². The Kier molecular flexibility index (Phi) is 19.6. The van der Waals surface area contributed by atoms with Crippen molar-refractivity contribution in [3.63, 3.8) is 0 Å². The Morgan fingerprint density at radius 3 is 2.05 bits per heavy atom. The number of carbonyl (C=O) groups is 6. The highest BCUT2D eigenvalue weighted by Gasteiger charge is 2.43. The van der Waals surface area contributed by atoms with E-state index in [4.69, 9.17) is 15.2 Å². The molecule has 56 heavy (non-hydrogen) atoms. The number of carboxylic acids is 1. The van der Waals surface area contributed by atoms with Crippen molar-refractivity contribution in [1.82, 2.24) is 20.0 Å². The number of amides is 4. The van der Waals surface area contributed by atoms with Crippen molar-refractivity contribution in [2.24, 2.45) is 35.3 Å². The van der Waals surface area contributed by atoms with Crippen LogP contribution in [0.4, 0.5) is 0 Å². The monoisotopic (exact) mass is 788 g/mol. The molecule has 1 heterocycles. The molecule has 1 aromatic rings. The van der Waals surface area contributed by atoms with Crippen LogP contribution in [0.15, 0.2) is 30.3 Å². The van der Waals surface area contributed by atoms with E-state index < -0.39 is 66.0 Å². The van der Waals surface area contributed by atoms with E-state index >= 15 is 0 Å². The summed E-state index contributed by atoms with van der Waals surface area (Å²) in [4.78, 5) is 85.0. The molecule has 1 saturated heterocycles. The highest BCUT2D eigenvalue weighted by molar-refractivity contribution is 5.93. The maximum Gasteiger partial charge on any atom is 0.307 e. The molecule has 4 amide bonds. The Labute approximate surface area is 334 Å². The van der Waals surface area contributed by atoms with Gasteiger partial charge in [-0.1, -0.05) is 85.2 Å². The first-order valence-corrected chi connectivity index (χ1v) is 20.0. The summed E-state index contributed by atoms with van der Waals surface area (Å²) >= 11 is 0. The van der Waals surface area contributed by atoms with Crippen molar-refractivity contribution in [2.45, 2.75) is 123 Å². The molecule has 0 saturated carbocycles. The lowest BCUT2D eigenvalue weighted by Gasteiger charge is -2.41. The SMILES string of the molecule is CC[C@H](C)[C@@H]([C@@H](CC(=O)N1CCC[C@H]1[C@H](OC)[C@@H](C)C(=O)C[C@@H](Cc1ccccc1)C(=O)O)OC)N(C)C(=O)[C@@H](NC(=O)[C@H](C(C)C)N(C)C(=O)CN)C(C)C. The number of methoxy groups -OCH3 is 2. The summed E-state index contributed by atoms with van der Waals surface area (Å²) in [6, 6.07) is 6.49. The number of ether oxygens (including phenoxy) is 2. The first-order chi connectivity index (χ1) is 26.4. The molecule has 1 aromatic carbocycles.